The molecule has 1 aromatic carbocycles. The van der Waals surface area contributed by atoms with Crippen molar-refractivity contribution in [3.63, 3.8) is 0 Å². The van der Waals surface area contributed by atoms with E-state index in [9.17, 15) is 10.3 Å². The first-order valence-corrected chi connectivity index (χ1v) is 11.9. The highest BCUT2D eigenvalue weighted by molar-refractivity contribution is 7.99. The molecule has 0 spiro atoms. The highest BCUT2D eigenvalue weighted by atomic mass is 32.2. The maximum absolute atomic E-state index is 9.95. The van der Waals surface area contributed by atoms with Crippen LogP contribution in [-0.4, -0.2) is 27.5 Å². The number of rotatable bonds is 16. The van der Waals surface area contributed by atoms with Gasteiger partial charge in [0, 0.05) is 11.3 Å². The van der Waals surface area contributed by atoms with Gasteiger partial charge in [0.25, 0.3) is 0 Å². The van der Waals surface area contributed by atoms with Crippen LogP contribution in [0.25, 0.3) is 0 Å². The van der Waals surface area contributed by atoms with Crippen molar-refractivity contribution >= 4 is 17.5 Å². The predicted octanol–water partition coefficient (Wildman–Crippen LogP) is 7.31. The first kappa shape index (κ1) is 23.9. The number of unbranched alkanes of at least 4 members (excludes halogenated alkanes) is 11. The lowest BCUT2D eigenvalue weighted by Crippen LogP contribution is -2.06. The molecule has 4 heteroatoms. The van der Waals surface area contributed by atoms with E-state index in [0.717, 1.165) is 11.3 Å². The number of nitrogens with zero attached hydrogens (tertiary/aromatic N) is 1. The molecule has 0 atom stereocenters. The van der Waals surface area contributed by atoms with Crippen LogP contribution in [0.5, 0.6) is 5.75 Å². The van der Waals surface area contributed by atoms with Crippen molar-refractivity contribution in [2.45, 2.75) is 90.9 Å². The van der Waals surface area contributed by atoms with Crippen LogP contribution in [-0.2, 0) is 0 Å². The van der Waals surface area contributed by atoms with Gasteiger partial charge in [-0.15, -0.1) is 0 Å². The molecule has 0 amide bonds. The number of oxime groups is 1. The Morgan fingerprint density at radius 2 is 1.44 bits per heavy atom. The zero-order chi connectivity index (χ0) is 19.7. The fraction of sp³-hybridized carbons (Fsp3) is 0.696. The van der Waals surface area contributed by atoms with E-state index in [1.54, 1.807) is 17.8 Å². The van der Waals surface area contributed by atoms with Gasteiger partial charge in [0.2, 0.25) is 0 Å². The number of phenols is 1. The van der Waals surface area contributed by atoms with E-state index in [1.165, 1.54) is 77.0 Å². The molecule has 0 aliphatic carbocycles. The van der Waals surface area contributed by atoms with Crippen molar-refractivity contribution in [3.8, 4) is 5.75 Å². The maximum Gasteiger partial charge on any atom is 0.124 e. The SMILES string of the molecule is CCCCCCCCCCCCCCSC/C(=N/O)c1cc(C)ccc1O. The van der Waals surface area contributed by atoms with Gasteiger partial charge < -0.3 is 10.3 Å². The number of aryl methyl sites for hydroxylation is 1. The molecule has 0 heterocycles. The molecule has 0 saturated carbocycles. The first-order valence-electron chi connectivity index (χ1n) is 10.8. The number of phenolic OH excluding ortho intramolecular Hbond substituents is 1. The quantitative estimate of drug-likeness (QED) is 0.134. The summed E-state index contributed by atoms with van der Waals surface area (Å²) in [7, 11) is 0. The molecule has 27 heavy (non-hydrogen) atoms. The molecule has 0 fully saturated rings. The largest absolute Gasteiger partial charge is 0.507 e. The summed E-state index contributed by atoms with van der Waals surface area (Å²) in [5, 5.41) is 22.6. The van der Waals surface area contributed by atoms with E-state index < -0.39 is 0 Å². The molecule has 3 nitrogen and oxygen atoms in total. The Balaban J connectivity index is 2.00. The van der Waals surface area contributed by atoms with Crippen LogP contribution in [0.15, 0.2) is 23.4 Å². The molecular weight excluding hydrogens is 354 g/mol. The third kappa shape index (κ3) is 11.3. The Morgan fingerprint density at radius 3 is 2.00 bits per heavy atom. The highest BCUT2D eigenvalue weighted by Crippen LogP contribution is 2.21. The average Bonchev–Trinajstić information content (AvgIpc) is 2.67. The molecular formula is C23H39NO2S. The number of hydrogen-bond donors (Lipinski definition) is 2. The van der Waals surface area contributed by atoms with Gasteiger partial charge in [-0.05, 0) is 31.2 Å². The molecule has 0 saturated heterocycles. The molecule has 2 N–H and O–H groups in total. The number of hydrogen-bond acceptors (Lipinski definition) is 4. The van der Waals surface area contributed by atoms with Crippen LogP contribution in [0.4, 0.5) is 0 Å². The summed E-state index contributed by atoms with van der Waals surface area (Å²) in [6.45, 7) is 4.24. The van der Waals surface area contributed by atoms with Crippen LogP contribution in [0.3, 0.4) is 0 Å². The van der Waals surface area contributed by atoms with Crippen molar-refractivity contribution < 1.29 is 10.3 Å². The van der Waals surface area contributed by atoms with Crippen molar-refractivity contribution in [2.24, 2.45) is 5.16 Å². The van der Waals surface area contributed by atoms with Crippen LogP contribution in [0, 0.1) is 6.92 Å². The van der Waals surface area contributed by atoms with E-state index in [0.29, 0.717) is 17.0 Å². The Morgan fingerprint density at radius 1 is 0.889 bits per heavy atom. The average molecular weight is 394 g/mol. The zero-order valence-electron chi connectivity index (χ0n) is 17.4. The van der Waals surface area contributed by atoms with Crippen molar-refractivity contribution in [1.82, 2.24) is 0 Å². The summed E-state index contributed by atoms with van der Waals surface area (Å²) < 4.78 is 0. The van der Waals surface area contributed by atoms with Gasteiger partial charge in [-0.25, -0.2) is 0 Å². The Kier molecular flexibility index (Phi) is 14.0. The molecule has 1 aromatic rings. The minimum Gasteiger partial charge on any atom is -0.507 e. The standard InChI is InChI=1S/C23H39NO2S/c1-3-4-5-6-7-8-9-10-11-12-13-14-17-27-19-22(24-26)21-18-20(2)15-16-23(21)25/h15-16,18,25-26H,3-14,17,19H2,1-2H3/b24-22-. The van der Waals surface area contributed by atoms with E-state index in [4.69, 9.17) is 0 Å². The second kappa shape index (κ2) is 15.9. The predicted molar refractivity (Wildman–Crippen MR) is 120 cm³/mol. The van der Waals surface area contributed by atoms with Crippen LogP contribution >= 0.6 is 11.8 Å². The summed E-state index contributed by atoms with van der Waals surface area (Å²) in [4.78, 5) is 0. The molecule has 1 rings (SSSR count). The second-order valence-electron chi connectivity index (χ2n) is 7.51. The Hall–Kier alpha value is -1.16. The topological polar surface area (TPSA) is 52.8 Å². The minimum atomic E-state index is 0.180. The van der Waals surface area contributed by atoms with Crippen LogP contribution < -0.4 is 0 Å². The summed E-state index contributed by atoms with van der Waals surface area (Å²) in [6.07, 6.45) is 16.4. The van der Waals surface area contributed by atoms with Gasteiger partial charge in [0.1, 0.15) is 11.5 Å². The monoisotopic (exact) mass is 393 g/mol. The van der Waals surface area contributed by atoms with Crippen molar-refractivity contribution in [1.29, 1.82) is 0 Å². The van der Waals surface area contributed by atoms with Gasteiger partial charge in [0.15, 0.2) is 0 Å². The van der Waals surface area contributed by atoms with Gasteiger partial charge in [0.05, 0.1) is 0 Å². The molecule has 0 aliphatic heterocycles. The normalized spacial score (nSPS) is 11.9. The van der Waals surface area contributed by atoms with E-state index in [-0.39, 0.29) is 5.75 Å². The third-order valence-electron chi connectivity index (χ3n) is 4.96. The zero-order valence-corrected chi connectivity index (χ0v) is 18.2. The van der Waals surface area contributed by atoms with E-state index in [2.05, 4.69) is 12.1 Å². The van der Waals surface area contributed by atoms with Gasteiger partial charge >= 0.3 is 0 Å². The Labute approximate surface area is 170 Å². The second-order valence-corrected chi connectivity index (χ2v) is 8.61. The molecule has 0 aromatic heterocycles. The molecule has 0 bridgehead atoms. The van der Waals surface area contributed by atoms with Gasteiger partial charge in [-0.3, -0.25) is 0 Å². The number of aromatic hydroxyl groups is 1. The highest BCUT2D eigenvalue weighted by Gasteiger charge is 2.10. The van der Waals surface area contributed by atoms with Gasteiger partial charge in [-0.1, -0.05) is 94.3 Å². The lowest BCUT2D eigenvalue weighted by Gasteiger charge is -2.08. The third-order valence-corrected chi connectivity index (χ3v) is 6.02. The van der Waals surface area contributed by atoms with E-state index in [1.807, 2.05) is 19.1 Å². The fourth-order valence-electron chi connectivity index (χ4n) is 3.26. The molecule has 0 unspecified atom stereocenters. The lowest BCUT2D eigenvalue weighted by molar-refractivity contribution is 0.319. The van der Waals surface area contributed by atoms with Crippen LogP contribution in [0.1, 0.15) is 95.1 Å². The summed E-state index contributed by atoms with van der Waals surface area (Å²) >= 11 is 1.77. The van der Waals surface area contributed by atoms with Gasteiger partial charge in [-0.2, -0.15) is 11.8 Å². The van der Waals surface area contributed by atoms with E-state index >= 15 is 0 Å². The molecule has 0 radical (unpaired) electrons. The van der Waals surface area contributed by atoms with Crippen molar-refractivity contribution in [3.05, 3.63) is 29.3 Å². The lowest BCUT2D eigenvalue weighted by atomic mass is 10.1. The molecule has 154 valence electrons. The minimum absolute atomic E-state index is 0.180. The fourth-order valence-corrected chi connectivity index (χ4v) is 4.21. The molecule has 0 aliphatic rings. The number of benzene rings is 1. The summed E-state index contributed by atoms with van der Waals surface area (Å²) in [5.41, 5.74) is 2.25. The summed E-state index contributed by atoms with van der Waals surface area (Å²) in [5.74, 6) is 1.88. The smallest absolute Gasteiger partial charge is 0.124 e. The summed E-state index contributed by atoms with van der Waals surface area (Å²) in [6, 6.07) is 5.38. The van der Waals surface area contributed by atoms with Crippen LogP contribution in [0.2, 0.25) is 0 Å². The number of thioether (sulfide) groups is 1. The first-order chi connectivity index (χ1) is 13.2. The Bertz CT molecular complexity index is 531. The van der Waals surface area contributed by atoms with Crippen molar-refractivity contribution in [2.75, 3.05) is 11.5 Å². The maximum atomic E-state index is 9.95.